The minimum atomic E-state index is -0.265. The number of benzene rings is 2. The van der Waals surface area contributed by atoms with E-state index in [1.165, 1.54) is 0 Å². The largest absolute Gasteiger partial charge is 0.493 e. The van der Waals surface area contributed by atoms with E-state index in [4.69, 9.17) is 21.1 Å². The Morgan fingerprint density at radius 1 is 0.905 bits per heavy atom. The van der Waals surface area contributed by atoms with Crippen molar-refractivity contribution in [2.45, 2.75) is 12.3 Å². The molecule has 1 unspecified atom stereocenters. The lowest BCUT2D eigenvalue weighted by molar-refractivity contribution is 0.354. The summed E-state index contributed by atoms with van der Waals surface area (Å²) in [6.07, 6.45) is 0. The van der Waals surface area contributed by atoms with E-state index < -0.39 is 0 Å². The first-order valence-corrected chi connectivity index (χ1v) is 8.31. The molecule has 0 saturated heterocycles. The van der Waals surface area contributed by atoms with Crippen LogP contribution in [0.4, 0.5) is 0 Å². The zero-order chi connectivity index (χ0) is 15.6. The number of methoxy groups -OCH3 is 2. The fraction of sp³-hybridized carbons (Fsp3) is 0.250. The highest BCUT2D eigenvalue weighted by atomic mass is 79.9. The molecule has 21 heavy (non-hydrogen) atoms. The zero-order valence-electron chi connectivity index (χ0n) is 11.9. The van der Waals surface area contributed by atoms with Gasteiger partial charge in [0.05, 0.1) is 19.6 Å². The molecule has 0 aliphatic rings. The number of alkyl halides is 1. The molecule has 0 spiro atoms. The van der Waals surface area contributed by atoms with E-state index in [1.807, 2.05) is 37.3 Å². The molecular formula is C16H15Br2ClO2. The lowest BCUT2D eigenvalue weighted by atomic mass is 9.99. The van der Waals surface area contributed by atoms with Crippen LogP contribution in [0.5, 0.6) is 11.5 Å². The molecule has 0 aliphatic carbocycles. The van der Waals surface area contributed by atoms with Crippen LogP contribution in [0.25, 0.3) is 0 Å². The summed E-state index contributed by atoms with van der Waals surface area (Å²) in [6.45, 7) is 2.01. The minimum absolute atomic E-state index is 0.265. The molecular weight excluding hydrogens is 419 g/mol. The molecule has 2 aromatic rings. The number of hydrogen-bond acceptors (Lipinski definition) is 2. The summed E-state index contributed by atoms with van der Waals surface area (Å²) in [5.41, 5.74) is 3.07. The van der Waals surface area contributed by atoms with E-state index in [2.05, 4.69) is 31.9 Å². The Kier molecular flexibility index (Phi) is 5.58. The Labute approximate surface area is 146 Å². The molecule has 2 nitrogen and oxygen atoms in total. The standard InChI is InChI=1S/C16H15Br2ClO2/c1-9-4-14(20-2)15(21-3)8-13(9)16(19)10-5-11(17)7-12(18)6-10/h4-8,16H,1-3H3. The molecule has 0 fully saturated rings. The smallest absolute Gasteiger partial charge is 0.161 e. The quantitative estimate of drug-likeness (QED) is 0.561. The summed E-state index contributed by atoms with van der Waals surface area (Å²) in [4.78, 5) is 0. The molecule has 112 valence electrons. The third-order valence-corrected chi connectivity index (χ3v) is 4.63. The van der Waals surface area contributed by atoms with Crippen LogP contribution in [0, 0.1) is 6.92 Å². The number of ether oxygens (including phenoxy) is 2. The fourth-order valence-electron chi connectivity index (χ4n) is 2.17. The van der Waals surface area contributed by atoms with Crippen molar-refractivity contribution in [1.82, 2.24) is 0 Å². The fourth-order valence-corrected chi connectivity index (χ4v) is 3.86. The van der Waals surface area contributed by atoms with Gasteiger partial charge in [0.1, 0.15) is 0 Å². The van der Waals surface area contributed by atoms with Crippen molar-refractivity contribution in [3.8, 4) is 11.5 Å². The van der Waals surface area contributed by atoms with Gasteiger partial charge in [-0.15, -0.1) is 11.6 Å². The van der Waals surface area contributed by atoms with Gasteiger partial charge >= 0.3 is 0 Å². The van der Waals surface area contributed by atoms with Crippen LogP contribution in [0.2, 0.25) is 0 Å². The van der Waals surface area contributed by atoms with E-state index >= 15 is 0 Å². The van der Waals surface area contributed by atoms with Gasteiger partial charge in [0.15, 0.2) is 11.5 Å². The second-order valence-corrected chi connectivity index (χ2v) is 6.90. The maximum absolute atomic E-state index is 6.67. The number of hydrogen-bond donors (Lipinski definition) is 0. The summed E-state index contributed by atoms with van der Waals surface area (Å²) < 4.78 is 12.6. The van der Waals surface area contributed by atoms with E-state index in [0.717, 1.165) is 25.6 Å². The van der Waals surface area contributed by atoms with Crippen molar-refractivity contribution in [3.63, 3.8) is 0 Å². The highest BCUT2D eigenvalue weighted by Crippen LogP contribution is 2.39. The molecule has 1 atom stereocenters. The predicted molar refractivity (Wildman–Crippen MR) is 93.8 cm³/mol. The summed E-state index contributed by atoms with van der Waals surface area (Å²) in [6, 6.07) is 9.88. The van der Waals surface area contributed by atoms with Crippen LogP contribution >= 0.6 is 43.5 Å². The average molecular weight is 435 g/mol. The van der Waals surface area contributed by atoms with Crippen LogP contribution in [0.3, 0.4) is 0 Å². The van der Waals surface area contributed by atoms with Crippen molar-refractivity contribution >= 4 is 43.5 Å². The minimum Gasteiger partial charge on any atom is -0.493 e. The molecule has 0 amide bonds. The van der Waals surface area contributed by atoms with Crippen LogP contribution in [-0.2, 0) is 0 Å². The first-order valence-electron chi connectivity index (χ1n) is 6.29. The Bertz CT molecular complexity index is 639. The first-order chi connectivity index (χ1) is 9.96. The van der Waals surface area contributed by atoms with Gasteiger partial charge < -0.3 is 9.47 Å². The van der Waals surface area contributed by atoms with Crippen molar-refractivity contribution in [1.29, 1.82) is 0 Å². The Balaban J connectivity index is 2.49. The summed E-state index contributed by atoms with van der Waals surface area (Å²) in [7, 11) is 3.25. The van der Waals surface area contributed by atoms with Gasteiger partial charge in [0.2, 0.25) is 0 Å². The van der Waals surface area contributed by atoms with E-state index in [1.54, 1.807) is 14.2 Å². The maximum atomic E-state index is 6.67. The van der Waals surface area contributed by atoms with Gasteiger partial charge in [0.25, 0.3) is 0 Å². The zero-order valence-corrected chi connectivity index (χ0v) is 15.8. The molecule has 2 rings (SSSR count). The van der Waals surface area contributed by atoms with E-state index in [-0.39, 0.29) is 5.38 Å². The number of halogens is 3. The van der Waals surface area contributed by atoms with Crippen LogP contribution in [0.15, 0.2) is 39.3 Å². The molecule has 5 heteroatoms. The first kappa shape index (κ1) is 16.7. The molecule has 0 N–H and O–H groups in total. The van der Waals surface area contributed by atoms with Gasteiger partial charge in [-0.2, -0.15) is 0 Å². The molecule has 0 aromatic heterocycles. The molecule has 0 heterocycles. The monoisotopic (exact) mass is 432 g/mol. The average Bonchev–Trinajstić information content (AvgIpc) is 2.45. The summed E-state index contributed by atoms with van der Waals surface area (Å²) in [5.74, 6) is 1.39. The number of aryl methyl sites for hydroxylation is 1. The van der Waals surface area contributed by atoms with Gasteiger partial charge in [-0.25, -0.2) is 0 Å². The van der Waals surface area contributed by atoms with E-state index in [9.17, 15) is 0 Å². The second kappa shape index (κ2) is 7.03. The Morgan fingerprint density at radius 3 is 1.95 bits per heavy atom. The van der Waals surface area contributed by atoms with Gasteiger partial charge in [-0.1, -0.05) is 31.9 Å². The number of rotatable bonds is 4. The predicted octanol–water partition coefficient (Wildman–Crippen LogP) is 5.87. The van der Waals surface area contributed by atoms with Gasteiger partial charge in [0, 0.05) is 8.95 Å². The van der Waals surface area contributed by atoms with Crippen molar-refractivity contribution < 1.29 is 9.47 Å². The Hall–Kier alpha value is -0.710. The highest BCUT2D eigenvalue weighted by molar-refractivity contribution is 9.11. The van der Waals surface area contributed by atoms with Crippen molar-refractivity contribution in [2.75, 3.05) is 14.2 Å². The summed E-state index contributed by atoms with van der Waals surface area (Å²) in [5, 5.41) is -0.265. The molecule has 0 aliphatic heterocycles. The van der Waals surface area contributed by atoms with Crippen molar-refractivity contribution in [3.05, 3.63) is 56.0 Å². The normalized spacial score (nSPS) is 12.1. The van der Waals surface area contributed by atoms with Gasteiger partial charge in [-0.3, -0.25) is 0 Å². The SMILES string of the molecule is COc1cc(C)c(C(Cl)c2cc(Br)cc(Br)c2)cc1OC. The van der Waals surface area contributed by atoms with Gasteiger partial charge in [-0.05, 0) is 53.9 Å². The molecule has 0 bridgehead atoms. The second-order valence-electron chi connectivity index (χ2n) is 4.63. The lowest BCUT2D eigenvalue weighted by Gasteiger charge is -2.17. The summed E-state index contributed by atoms with van der Waals surface area (Å²) >= 11 is 13.6. The van der Waals surface area contributed by atoms with E-state index in [0.29, 0.717) is 11.5 Å². The molecule has 2 aromatic carbocycles. The van der Waals surface area contributed by atoms with Crippen molar-refractivity contribution in [2.24, 2.45) is 0 Å². The highest BCUT2D eigenvalue weighted by Gasteiger charge is 2.18. The van der Waals surface area contributed by atoms with Crippen LogP contribution in [-0.4, -0.2) is 14.2 Å². The maximum Gasteiger partial charge on any atom is 0.161 e. The lowest BCUT2D eigenvalue weighted by Crippen LogP contribution is -2.00. The topological polar surface area (TPSA) is 18.5 Å². The van der Waals surface area contributed by atoms with Crippen LogP contribution < -0.4 is 9.47 Å². The molecule has 0 saturated carbocycles. The third kappa shape index (κ3) is 3.74. The third-order valence-electron chi connectivity index (χ3n) is 3.22. The van der Waals surface area contributed by atoms with Crippen LogP contribution in [0.1, 0.15) is 22.1 Å². The molecule has 0 radical (unpaired) electrons. The Morgan fingerprint density at radius 2 is 1.43 bits per heavy atom.